The highest BCUT2D eigenvalue weighted by atomic mass is 19.1. The van der Waals surface area contributed by atoms with Gasteiger partial charge in [0.25, 0.3) is 0 Å². The van der Waals surface area contributed by atoms with Gasteiger partial charge in [0.1, 0.15) is 17.3 Å². The Balaban J connectivity index is 1.85. The highest BCUT2D eigenvalue weighted by Crippen LogP contribution is 2.28. The van der Waals surface area contributed by atoms with Crippen molar-refractivity contribution in [2.45, 2.75) is 6.92 Å². The van der Waals surface area contributed by atoms with Crippen LogP contribution in [0.4, 0.5) is 15.9 Å². The maximum absolute atomic E-state index is 13.5. The molecule has 4 aromatic rings. The highest BCUT2D eigenvalue weighted by molar-refractivity contribution is 5.91. The van der Waals surface area contributed by atoms with Crippen molar-refractivity contribution >= 4 is 22.5 Å². The van der Waals surface area contributed by atoms with Gasteiger partial charge in [-0.3, -0.25) is 4.98 Å². The minimum absolute atomic E-state index is 0.228. The summed E-state index contributed by atoms with van der Waals surface area (Å²) in [6.07, 6.45) is 5.38. The second kappa shape index (κ2) is 5.98. The minimum atomic E-state index is -0.228. The fourth-order valence-electron chi connectivity index (χ4n) is 2.72. The molecule has 4 rings (SSSR count). The molecule has 0 atom stereocenters. The number of halogens is 1. The van der Waals surface area contributed by atoms with Crippen LogP contribution in [0, 0.1) is 12.7 Å². The Bertz CT molecular complexity index is 1060. The number of aryl methyl sites for hydroxylation is 2. The van der Waals surface area contributed by atoms with E-state index in [9.17, 15) is 4.39 Å². The van der Waals surface area contributed by atoms with Crippen LogP contribution in [-0.2, 0) is 7.05 Å². The predicted octanol–water partition coefficient (Wildman–Crippen LogP) is 4.22. The van der Waals surface area contributed by atoms with Crippen LogP contribution >= 0.6 is 0 Å². The van der Waals surface area contributed by atoms with E-state index in [2.05, 4.69) is 20.3 Å². The highest BCUT2D eigenvalue weighted by Gasteiger charge is 2.12. The van der Waals surface area contributed by atoms with E-state index in [1.165, 1.54) is 6.07 Å². The summed E-state index contributed by atoms with van der Waals surface area (Å²) in [6, 6.07) is 10.6. The molecule has 0 unspecified atom stereocenters. The van der Waals surface area contributed by atoms with Crippen molar-refractivity contribution < 1.29 is 4.39 Å². The lowest BCUT2D eigenvalue weighted by molar-refractivity contribution is 0.619. The lowest BCUT2D eigenvalue weighted by Crippen LogP contribution is -2.01. The van der Waals surface area contributed by atoms with Gasteiger partial charge in [-0.2, -0.15) is 0 Å². The number of anilines is 2. The Labute approximate surface area is 144 Å². The lowest BCUT2D eigenvalue weighted by atomic mass is 10.2. The molecule has 3 aromatic heterocycles. The smallest absolute Gasteiger partial charge is 0.165 e. The summed E-state index contributed by atoms with van der Waals surface area (Å²) in [5, 5.41) is 4.19. The molecule has 25 heavy (non-hydrogen) atoms. The van der Waals surface area contributed by atoms with Gasteiger partial charge in [-0.05, 0) is 48.9 Å². The van der Waals surface area contributed by atoms with Crippen LogP contribution in [0.2, 0.25) is 0 Å². The molecular formula is C19H16FN5. The lowest BCUT2D eigenvalue weighted by Gasteiger charge is -2.10. The first-order chi connectivity index (χ1) is 12.1. The fourth-order valence-corrected chi connectivity index (χ4v) is 2.72. The first-order valence-electron chi connectivity index (χ1n) is 7.88. The summed E-state index contributed by atoms with van der Waals surface area (Å²) in [5.41, 5.74) is 3.01. The third-order valence-corrected chi connectivity index (χ3v) is 4.06. The van der Waals surface area contributed by atoms with Crippen LogP contribution in [0.3, 0.4) is 0 Å². The molecule has 0 amide bonds. The maximum atomic E-state index is 13.5. The largest absolute Gasteiger partial charge is 0.340 e. The van der Waals surface area contributed by atoms with E-state index in [1.54, 1.807) is 31.5 Å². The summed E-state index contributed by atoms with van der Waals surface area (Å²) in [5.74, 6) is 1.04. The number of pyridine rings is 1. The van der Waals surface area contributed by atoms with E-state index in [1.807, 2.05) is 36.0 Å². The zero-order chi connectivity index (χ0) is 17.4. The van der Waals surface area contributed by atoms with E-state index in [4.69, 9.17) is 0 Å². The molecule has 0 aliphatic rings. The van der Waals surface area contributed by atoms with Crippen molar-refractivity contribution in [1.82, 2.24) is 19.5 Å². The second-order valence-corrected chi connectivity index (χ2v) is 5.89. The fraction of sp³-hybridized carbons (Fsp3) is 0.105. The van der Waals surface area contributed by atoms with Crippen LogP contribution < -0.4 is 5.32 Å². The van der Waals surface area contributed by atoms with Crippen molar-refractivity contribution in [3.63, 3.8) is 0 Å². The van der Waals surface area contributed by atoms with Gasteiger partial charge in [0, 0.05) is 36.9 Å². The molecule has 0 spiro atoms. The van der Waals surface area contributed by atoms with Crippen molar-refractivity contribution in [1.29, 1.82) is 0 Å². The SMILES string of the molecule is Cc1cc(Nc2nc(-c3cccnc3)nc3c2ccn3C)ccc1F. The zero-order valence-corrected chi connectivity index (χ0v) is 13.9. The van der Waals surface area contributed by atoms with E-state index in [0.717, 1.165) is 22.3 Å². The number of benzene rings is 1. The van der Waals surface area contributed by atoms with Gasteiger partial charge in [0.15, 0.2) is 5.82 Å². The van der Waals surface area contributed by atoms with Crippen LogP contribution in [0.15, 0.2) is 55.0 Å². The Morgan fingerprint density at radius 2 is 2.00 bits per heavy atom. The average molecular weight is 333 g/mol. The van der Waals surface area contributed by atoms with Gasteiger partial charge < -0.3 is 9.88 Å². The molecule has 124 valence electrons. The Hall–Kier alpha value is -3.28. The van der Waals surface area contributed by atoms with Crippen LogP contribution in [0.1, 0.15) is 5.56 Å². The van der Waals surface area contributed by atoms with Crippen LogP contribution in [0.25, 0.3) is 22.4 Å². The number of nitrogens with one attached hydrogen (secondary N) is 1. The molecule has 3 heterocycles. The monoisotopic (exact) mass is 333 g/mol. The second-order valence-electron chi connectivity index (χ2n) is 5.89. The van der Waals surface area contributed by atoms with Crippen molar-refractivity contribution in [2.24, 2.45) is 7.05 Å². The third-order valence-electron chi connectivity index (χ3n) is 4.06. The normalized spacial score (nSPS) is 11.0. The molecule has 6 heteroatoms. The molecule has 0 aliphatic carbocycles. The standard InChI is InChI=1S/C19H16FN5/c1-12-10-14(5-6-16(12)20)22-18-15-7-9-25(2)19(15)24-17(23-18)13-4-3-8-21-11-13/h3-11H,1-2H3,(H,22,23,24). The van der Waals surface area contributed by atoms with Gasteiger partial charge in [0.2, 0.25) is 0 Å². The number of hydrogen-bond acceptors (Lipinski definition) is 4. The van der Waals surface area contributed by atoms with E-state index >= 15 is 0 Å². The molecule has 5 nitrogen and oxygen atoms in total. The number of fused-ring (bicyclic) bond motifs is 1. The van der Waals surface area contributed by atoms with Crippen molar-refractivity contribution in [3.05, 3.63) is 66.4 Å². The first kappa shape index (κ1) is 15.3. The summed E-state index contributed by atoms with van der Waals surface area (Å²) in [6.45, 7) is 1.74. The zero-order valence-electron chi connectivity index (χ0n) is 13.9. The minimum Gasteiger partial charge on any atom is -0.340 e. The Morgan fingerprint density at radius 1 is 1.12 bits per heavy atom. The van der Waals surface area contributed by atoms with Gasteiger partial charge in [-0.25, -0.2) is 14.4 Å². The topological polar surface area (TPSA) is 55.6 Å². The van der Waals surface area contributed by atoms with Gasteiger partial charge in [0.05, 0.1) is 5.39 Å². The summed E-state index contributed by atoms with van der Waals surface area (Å²) < 4.78 is 15.5. The summed E-state index contributed by atoms with van der Waals surface area (Å²) >= 11 is 0. The van der Waals surface area contributed by atoms with Gasteiger partial charge >= 0.3 is 0 Å². The average Bonchev–Trinajstić information content (AvgIpc) is 3.00. The van der Waals surface area contributed by atoms with Gasteiger partial charge in [-0.1, -0.05) is 0 Å². The predicted molar refractivity (Wildman–Crippen MR) is 96.2 cm³/mol. The molecule has 0 fully saturated rings. The van der Waals surface area contributed by atoms with E-state index < -0.39 is 0 Å². The maximum Gasteiger partial charge on any atom is 0.165 e. The number of aromatic nitrogens is 4. The molecule has 0 aliphatic heterocycles. The molecule has 0 saturated heterocycles. The van der Waals surface area contributed by atoms with Gasteiger partial charge in [-0.15, -0.1) is 0 Å². The van der Waals surface area contributed by atoms with E-state index in [-0.39, 0.29) is 5.82 Å². The number of nitrogens with zero attached hydrogens (tertiary/aromatic N) is 4. The summed E-state index contributed by atoms with van der Waals surface area (Å²) in [4.78, 5) is 13.5. The Kier molecular flexibility index (Phi) is 3.65. The molecule has 0 saturated carbocycles. The molecule has 1 N–H and O–H groups in total. The molecule has 0 radical (unpaired) electrons. The number of rotatable bonds is 3. The van der Waals surface area contributed by atoms with Crippen molar-refractivity contribution in [2.75, 3.05) is 5.32 Å². The first-order valence-corrected chi connectivity index (χ1v) is 7.88. The van der Waals surface area contributed by atoms with Crippen LogP contribution in [0.5, 0.6) is 0 Å². The number of hydrogen-bond donors (Lipinski definition) is 1. The molecule has 0 bridgehead atoms. The van der Waals surface area contributed by atoms with E-state index in [0.29, 0.717) is 17.2 Å². The quantitative estimate of drug-likeness (QED) is 0.610. The van der Waals surface area contributed by atoms with Crippen molar-refractivity contribution in [3.8, 4) is 11.4 Å². The Morgan fingerprint density at radius 3 is 2.76 bits per heavy atom. The van der Waals surface area contributed by atoms with Crippen LogP contribution in [-0.4, -0.2) is 19.5 Å². The molecular weight excluding hydrogens is 317 g/mol. The molecule has 1 aromatic carbocycles. The summed E-state index contributed by atoms with van der Waals surface area (Å²) in [7, 11) is 1.94. The third kappa shape index (κ3) is 2.82.